The first kappa shape index (κ1) is 13.8. The van der Waals surface area contributed by atoms with E-state index in [1.807, 2.05) is 6.07 Å². The molecule has 1 aromatic rings. The SMILES string of the molecule is CC(C)C1CNCCN1Cc1ccc(F)c(Cl)c1. The van der Waals surface area contributed by atoms with Crippen LogP contribution < -0.4 is 5.32 Å². The second-order valence-electron chi connectivity index (χ2n) is 5.23. The highest BCUT2D eigenvalue weighted by Gasteiger charge is 2.24. The lowest BCUT2D eigenvalue weighted by Gasteiger charge is -2.38. The summed E-state index contributed by atoms with van der Waals surface area (Å²) in [5.74, 6) is 0.259. The quantitative estimate of drug-likeness (QED) is 0.909. The highest BCUT2D eigenvalue weighted by Crippen LogP contribution is 2.20. The maximum Gasteiger partial charge on any atom is 0.141 e. The van der Waals surface area contributed by atoms with Crippen LogP contribution in [0, 0.1) is 11.7 Å². The number of nitrogens with one attached hydrogen (secondary N) is 1. The lowest BCUT2D eigenvalue weighted by molar-refractivity contribution is 0.117. The highest BCUT2D eigenvalue weighted by atomic mass is 35.5. The van der Waals surface area contributed by atoms with E-state index in [0.29, 0.717) is 12.0 Å². The zero-order valence-corrected chi connectivity index (χ0v) is 11.7. The Morgan fingerprint density at radius 3 is 2.94 bits per heavy atom. The van der Waals surface area contributed by atoms with Crippen LogP contribution in [-0.2, 0) is 6.54 Å². The lowest BCUT2D eigenvalue weighted by Crippen LogP contribution is -2.52. The molecule has 100 valence electrons. The number of hydrogen-bond donors (Lipinski definition) is 1. The molecule has 1 unspecified atom stereocenters. The molecule has 1 heterocycles. The van der Waals surface area contributed by atoms with Gasteiger partial charge >= 0.3 is 0 Å². The van der Waals surface area contributed by atoms with E-state index in [2.05, 4.69) is 24.1 Å². The number of piperazine rings is 1. The number of hydrogen-bond acceptors (Lipinski definition) is 2. The van der Waals surface area contributed by atoms with Crippen LogP contribution in [0.5, 0.6) is 0 Å². The third-order valence-electron chi connectivity index (χ3n) is 3.54. The van der Waals surface area contributed by atoms with E-state index in [-0.39, 0.29) is 10.8 Å². The summed E-state index contributed by atoms with van der Waals surface area (Å²) in [6.45, 7) is 8.37. The average Bonchev–Trinajstić information content (AvgIpc) is 2.34. The Morgan fingerprint density at radius 1 is 1.50 bits per heavy atom. The molecule has 1 aliphatic rings. The van der Waals surface area contributed by atoms with Crippen LogP contribution in [0.15, 0.2) is 18.2 Å². The van der Waals surface area contributed by atoms with Gasteiger partial charge in [-0.05, 0) is 23.6 Å². The molecule has 0 aromatic heterocycles. The molecule has 0 amide bonds. The van der Waals surface area contributed by atoms with Gasteiger partial charge in [0.15, 0.2) is 0 Å². The molecule has 0 spiro atoms. The first-order valence-corrected chi connectivity index (χ1v) is 6.84. The van der Waals surface area contributed by atoms with Gasteiger partial charge in [-0.15, -0.1) is 0 Å². The summed E-state index contributed by atoms with van der Waals surface area (Å²) in [5, 5.41) is 3.64. The van der Waals surface area contributed by atoms with Crippen LogP contribution in [0.2, 0.25) is 5.02 Å². The predicted molar refractivity (Wildman–Crippen MR) is 73.3 cm³/mol. The molecule has 1 N–H and O–H groups in total. The highest BCUT2D eigenvalue weighted by molar-refractivity contribution is 6.30. The van der Waals surface area contributed by atoms with Crippen molar-refractivity contribution in [1.82, 2.24) is 10.2 Å². The van der Waals surface area contributed by atoms with Gasteiger partial charge in [-0.3, -0.25) is 4.90 Å². The smallest absolute Gasteiger partial charge is 0.141 e. The van der Waals surface area contributed by atoms with Gasteiger partial charge in [0.2, 0.25) is 0 Å². The van der Waals surface area contributed by atoms with Crippen LogP contribution in [0.3, 0.4) is 0 Å². The number of rotatable bonds is 3. The summed E-state index contributed by atoms with van der Waals surface area (Å²) < 4.78 is 13.1. The van der Waals surface area contributed by atoms with Crippen molar-refractivity contribution in [2.24, 2.45) is 5.92 Å². The van der Waals surface area contributed by atoms with E-state index in [9.17, 15) is 4.39 Å². The molecular formula is C14H20ClFN2. The number of halogens is 2. The van der Waals surface area contributed by atoms with Gasteiger partial charge in [-0.2, -0.15) is 0 Å². The van der Waals surface area contributed by atoms with Crippen LogP contribution in [0.25, 0.3) is 0 Å². The van der Waals surface area contributed by atoms with Gasteiger partial charge < -0.3 is 5.32 Å². The fourth-order valence-corrected chi connectivity index (χ4v) is 2.70. The van der Waals surface area contributed by atoms with Crippen LogP contribution in [-0.4, -0.2) is 30.6 Å². The molecule has 1 fully saturated rings. The normalized spacial score (nSPS) is 21.5. The molecule has 2 rings (SSSR count). The third-order valence-corrected chi connectivity index (χ3v) is 3.83. The minimum Gasteiger partial charge on any atom is -0.314 e. The van der Waals surface area contributed by atoms with Crippen molar-refractivity contribution in [2.75, 3.05) is 19.6 Å². The molecule has 0 aliphatic carbocycles. The topological polar surface area (TPSA) is 15.3 Å². The van der Waals surface area contributed by atoms with Crippen LogP contribution in [0.4, 0.5) is 4.39 Å². The van der Waals surface area contributed by atoms with Gasteiger partial charge in [0, 0.05) is 32.2 Å². The molecular weight excluding hydrogens is 251 g/mol. The summed E-state index contributed by atoms with van der Waals surface area (Å²) in [6.07, 6.45) is 0. The van der Waals surface area contributed by atoms with E-state index < -0.39 is 0 Å². The van der Waals surface area contributed by atoms with Crippen molar-refractivity contribution in [3.63, 3.8) is 0 Å². The van der Waals surface area contributed by atoms with Crippen molar-refractivity contribution in [3.8, 4) is 0 Å². The summed E-state index contributed by atoms with van der Waals surface area (Å²) in [4.78, 5) is 2.45. The standard InChI is InChI=1S/C14H20ClFN2/c1-10(2)14-8-17-5-6-18(14)9-11-3-4-13(16)12(15)7-11/h3-4,7,10,14,17H,5-6,8-9H2,1-2H3. The third kappa shape index (κ3) is 3.22. The fraction of sp³-hybridized carbons (Fsp3) is 0.571. The fourth-order valence-electron chi connectivity index (χ4n) is 2.49. The number of benzene rings is 1. The molecule has 1 saturated heterocycles. The van der Waals surface area contributed by atoms with Gasteiger partial charge in [0.25, 0.3) is 0 Å². The van der Waals surface area contributed by atoms with Crippen molar-refractivity contribution < 1.29 is 4.39 Å². The van der Waals surface area contributed by atoms with Gasteiger partial charge in [-0.1, -0.05) is 31.5 Å². The predicted octanol–water partition coefficient (Wildman–Crippen LogP) is 2.91. The Bertz CT molecular complexity index is 409. The van der Waals surface area contributed by atoms with Gasteiger partial charge in [0.05, 0.1) is 5.02 Å². The van der Waals surface area contributed by atoms with Crippen LogP contribution >= 0.6 is 11.6 Å². The first-order valence-electron chi connectivity index (χ1n) is 6.46. The minimum atomic E-state index is -0.346. The van der Waals surface area contributed by atoms with Crippen molar-refractivity contribution in [1.29, 1.82) is 0 Å². The second-order valence-corrected chi connectivity index (χ2v) is 5.64. The summed E-state index contributed by atoms with van der Waals surface area (Å²) in [5.41, 5.74) is 1.08. The van der Waals surface area contributed by atoms with Gasteiger partial charge in [-0.25, -0.2) is 4.39 Å². The molecule has 0 radical (unpaired) electrons. The van der Waals surface area contributed by atoms with E-state index in [1.54, 1.807) is 6.07 Å². The maximum atomic E-state index is 13.1. The van der Waals surface area contributed by atoms with Crippen molar-refractivity contribution in [2.45, 2.75) is 26.4 Å². The summed E-state index contributed by atoms with van der Waals surface area (Å²) in [7, 11) is 0. The zero-order chi connectivity index (χ0) is 13.1. The monoisotopic (exact) mass is 270 g/mol. The molecule has 2 nitrogen and oxygen atoms in total. The minimum absolute atomic E-state index is 0.212. The Balaban J connectivity index is 2.08. The van der Waals surface area contributed by atoms with Crippen molar-refractivity contribution >= 4 is 11.6 Å². The van der Waals surface area contributed by atoms with E-state index in [1.165, 1.54) is 6.07 Å². The molecule has 1 aromatic carbocycles. The summed E-state index contributed by atoms with van der Waals surface area (Å²) in [6, 6.07) is 5.53. The molecule has 18 heavy (non-hydrogen) atoms. The van der Waals surface area contributed by atoms with E-state index in [4.69, 9.17) is 11.6 Å². The molecule has 1 atom stereocenters. The summed E-state index contributed by atoms with van der Waals surface area (Å²) >= 11 is 5.82. The van der Waals surface area contributed by atoms with E-state index in [0.717, 1.165) is 31.7 Å². The Labute approximate surface area is 113 Å². The maximum absolute atomic E-state index is 13.1. The Kier molecular flexibility index (Phi) is 4.60. The lowest BCUT2D eigenvalue weighted by atomic mass is 10.00. The first-order chi connectivity index (χ1) is 8.58. The molecule has 0 saturated carbocycles. The van der Waals surface area contributed by atoms with E-state index >= 15 is 0 Å². The second kappa shape index (κ2) is 6.00. The van der Waals surface area contributed by atoms with Crippen molar-refractivity contribution in [3.05, 3.63) is 34.6 Å². The zero-order valence-electron chi connectivity index (χ0n) is 10.9. The Hall–Kier alpha value is -0.640. The van der Waals surface area contributed by atoms with Crippen LogP contribution in [0.1, 0.15) is 19.4 Å². The average molecular weight is 271 g/mol. The number of nitrogens with zero attached hydrogens (tertiary/aromatic N) is 1. The molecule has 4 heteroatoms. The van der Waals surface area contributed by atoms with Gasteiger partial charge in [0.1, 0.15) is 5.82 Å². The Morgan fingerprint density at radius 2 is 2.28 bits per heavy atom. The largest absolute Gasteiger partial charge is 0.314 e. The molecule has 0 bridgehead atoms. The molecule has 1 aliphatic heterocycles.